The van der Waals surface area contributed by atoms with Gasteiger partial charge in [-0.25, -0.2) is 9.38 Å². The Morgan fingerprint density at radius 1 is 1.11 bits per heavy atom. The van der Waals surface area contributed by atoms with E-state index in [4.69, 9.17) is 4.42 Å². The van der Waals surface area contributed by atoms with E-state index >= 15 is 0 Å². The number of furan rings is 1. The molecule has 2 aromatic carbocycles. The molecule has 0 atom stereocenters. The lowest BCUT2D eigenvalue weighted by Crippen LogP contribution is -2.22. The van der Waals surface area contributed by atoms with Crippen molar-refractivity contribution in [2.45, 2.75) is 0 Å². The normalized spacial score (nSPS) is 12.2. The SMILES string of the molecule is O=c1c(=Cc2ccc(-c3cccc([N+](=O)[O-])c3)o2)sc2nc3ccccc3n12. The van der Waals surface area contributed by atoms with Gasteiger partial charge < -0.3 is 4.42 Å². The first kappa shape index (κ1) is 16.4. The van der Waals surface area contributed by atoms with Gasteiger partial charge in [0.1, 0.15) is 16.1 Å². The molecule has 0 N–H and O–H groups in total. The van der Waals surface area contributed by atoms with Crippen LogP contribution in [0, 0.1) is 10.1 Å². The molecule has 0 amide bonds. The van der Waals surface area contributed by atoms with Crippen LogP contribution in [0.4, 0.5) is 5.69 Å². The van der Waals surface area contributed by atoms with Crippen molar-refractivity contribution in [1.82, 2.24) is 9.38 Å². The summed E-state index contributed by atoms with van der Waals surface area (Å²) in [5, 5.41) is 10.9. The van der Waals surface area contributed by atoms with E-state index in [1.54, 1.807) is 34.7 Å². The highest BCUT2D eigenvalue weighted by Gasteiger charge is 2.12. The van der Waals surface area contributed by atoms with Crippen molar-refractivity contribution in [3.05, 3.63) is 91.4 Å². The third-order valence-corrected chi connectivity index (χ3v) is 5.36. The number of imidazole rings is 1. The minimum atomic E-state index is -0.449. The van der Waals surface area contributed by atoms with Gasteiger partial charge in [-0.05, 0) is 24.3 Å². The largest absolute Gasteiger partial charge is 0.457 e. The number of fused-ring (bicyclic) bond motifs is 3. The lowest BCUT2D eigenvalue weighted by atomic mass is 10.1. The summed E-state index contributed by atoms with van der Waals surface area (Å²) >= 11 is 1.29. The summed E-state index contributed by atoms with van der Waals surface area (Å²) in [6.07, 6.45) is 1.66. The smallest absolute Gasteiger partial charge is 0.275 e. The van der Waals surface area contributed by atoms with E-state index in [9.17, 15) is 14.9 Å². The molecule has 0 spiro atoms. The van der Waals surface area contributed by atoms with Crippen LogP contribution in [0.5, 0.6) is 0 Å². The first-order valence-corrected chi connectivity index (χ1v) is 9.18. The fourth-order valence-corrected chi connectivity index (χ4v) is 4.07. The quantitative estimate of drug-likeness (QED) is 0.347. The lowest BCUT2D eigenvalue weighted by Gasteiger charge is -1.96. The molecule has 0 unspecified atom stereocenters. The topological polar surface area (TPSA) is 90.6 Å². The Labute approximate surface area is 160 Å². The molecular weight excluding hydrogens is 378 g/mol. The van der Waals surface area contributed by atoms with Gasteiger partial charge in [-0.15, -0.1) is 0 Å². The number of nitro groups is 1. The predicted octanol–water partition coefficient (Wildman–Crippen LogP) is 3.63. The zero-order valence-corrected chi connectivity index (χ0v) is 15.1. The van der Waals surface area contributed by atoms with Crippen LogP contribution in [0.1, 0.15) is 5.76 Å². The van der Waals surface area contributed by atoms with Crippen molar-refractivity contribution in [2.75, 3.05) is 0 Å². The minimum Gasteiger partial charge on any atom is -0.457 e. The van der Waals surface area contributed by atoms with E-state index < -0.39 is 4.92 Å². The van der Waals surface area contributed by atoms with Crippen molar-refractivity contribution in [3.63, 3.8) is 0 Å². The van der Waals surface area contributed by atoms with Gasteiger partial charge in [0.2, 0.25) is 0 Å². The van der Waals surface area contributed by atoms with Crippen molar-refractivity contribution in [3.8, 4) is 11.3 Å². The standard InChI is InChI=1S/C20H11N3O4S/c24-19-18(28-20-21-15-6-1-2-7-16(15)22(19)20)11-14-8-9-17(27-14)12-4-3-5-13(10-12)23(25)26/h1-11H. The van der Waals surface area contributed by atoms with Crippen molar-refractivity contribution in [1.29, 1.82) is 0 Å². The van der Waals surface area contributed by atoms with Crippen molar-refractivity contribution < 1.29 is 9.34 Å². The average molecular weight is 389 g/mol. The van der Waals surface area contributed by atoms with Crippen LogP contribution < -0.4 is 10.1 Å². The number of hydrogen-bond donors (Lipinski definition) is 0. The Morgan fingerprint density at radius 2 is 1.96 bits per heavy atom. The van der Waals surface area contributed by atoms with Crippen LogP contribution >= 0.6 is 11.3 Å². The molecule has 0 aliphatic carbocycles. The summed E-state index contributed by atoms with van der Waals surface area (Å²) in [7, 11) is 0. The van der Waals surface area contributed by atoms with Gasteiger partial charge in [0.05, 0.1) is 16.0 Å². The van der Waals surface area contributed by atoms with Crippen LogP contribution in [0.3, 0.4) is 0 Å². The Hall–Kier alpha value is -3.78. The number of aromatic nitrogens is 2. The first-order chi connectivity index (χ1) is 13.6. The number of thiazole rings is 1. The molecule has 0 saturated heterocycles. The van der Waals surface area contributed by atoms with E-state index in [0.717, 1.165) is 11.0 Å². The summed E-state index contributed by atoms with van der Waals surface area (Å²) in [6, 6.07) is 17.2. The van der Waals surface area contributed by atoms with Gasteiger partial charge in [0.15, 0.2) is 4.96 Å². The zero-order chi connectivity index (χ0) is 19.3. The molecule has 0 bridgehead atoms. The predicted molar refractivity (Wildman–Crippen MR) is 106 cm³/mol. The molecule has 0 radical (unpaired) electrons. The average Bonchev–Trinajstić information content (AvgIpc) is 3.38. The first-order valence-electron chi connectivity index (χ1n) is 8.36. The second kappa shape index (κ2) is 6.14. The molecule has 3 heterocycles. The van der Waals surface area contributed by atoms with E-state index in [1.165, 1.54) is 23.5 Å². The van der Waals surface area contributed by atoms with E-state index in [0.29, 0.717) is 26.6 Å². The maximum absolute atomic E-state index is 12.8. The second-order valence-corrected chi connectivity index (χ2v) is 7.15. The number of benzene rings is 2. The summed E-state index contributed by atoms with van der Waals surface area (Å²) in [4.78, 5) is 28.4. The Bertz CT molecular complexity index is 1480. The summed E-state index contributed by atoms with van der Waals surface area (Å²) < 4.78 is 7.88. The number of non-ortho nitro benzene ring substituents is 1. The summed E-state index contributed by atoms with van der Waals surface area (Å²) in [5.74, 6) is 0.988. The second-order valence-electron chi connectivity index (χ2n) is 6.14. The monoisotopic (exact) mass is 389 g/mol. The Kier molecular flexibility index (Phi) is 3.59. The van der Waals surface area contributed by atoms with E-state index in [2.05, 4.69) is 4.98 Å². The van der Waals surface area contributed by atoms with Crippen molar-refractivity contribution in [2.24, 2.45) is 0 Å². The molecule has 5 aromatic rings. The molecule has 28 heavy (non-hydrogen) atoms. The van der Waals surface area contributed by atoms with Gasteiger partial charge in [-0.3, -0.25) is 14.9 Å². The van der Waals surface area contributed by atoms with Crippen LogP contribution in [-0.2, 0) is 0 Å². The Morgan fingerprint density at radius 3 is 2.82 bits per heavy atom. The highest BCUT2D eigenvalue weighted by Crippen LogP contribution is 2.26. The summed E-state index contributed by atoms with van der Waals surface area (Å²) in [6.45, 7) is 0. The molecular formula is C20H11N3O4S. The van der Waals surface area contributed by atoms with Gasteiger partial charge in [0.25, 0.3) is 11.2 Å². The molecule has 5 rings (SSSR count). The lowest BCUT2D eigenvalue weighted by molar-refractivity contribution is -0.384. The molecule has 0 aliphatic heterocycles. The van der Waals surface area contributed by atoms with E-state index in [-0.39, 0.29) is 11.2 Å². The van der Waals surface area contributed by atoms with E-state index in [1.807, 2.05) is 24.3 Å². The number of nitrogens with zero attached hydrogens (tertiary/aromatic N) is 3. The molecule has 8 heteroatoms. The van der Waals surface area contributed by atoms with Crippen LogP contribution in [0.2, 0.25) is 0 Å². The zero-order valence-electron chi connectivity index (χ0n) is 14.2. The van der Waals surface area contributed by atoms with Crippen LogP contribution in [-0.4, -0.2) is 14.3 Å². The summed E-state index contributed by atoms with van der Waals surface area (Å²) in [5.41, 5.74) is 2.00. The number of para-hydroxylation sites is 2. The molecule has 136 valence electrons. The van der Waals surface area contributed by atoms with Crippen LogP contribution in [0.25, 0.3) is 33.4 Å². The van der Waals surface area contributed by atoms with Crippen molar-refractivity contribution >= 4 is 39.1 Å². The number of rotatable bonds is 3. The molecule has 0 saturated carbocycles. The van der Waals surface area contributed by atoms with Gasteiger partial charge >= 0.3 is 0 Å². The highest BCUT2D eigenvalue weighted by molar-refractivity contribution is 7.15. The molecule has 0 fully saturated rings. The Balaban J connectivity index is 1.59. The molecule has 7 nitrogen and oxygen atoms in total. The molecule has 0 aliphatic rings. The van der Waals surface area contributed by atoms with Gasteiger partial charge in [0, 0.05) is 23.8 Å². The van der Waals surface area contributed by atoms with Crippen LogP contribution in [0.15, 0.2) is 69.9 Å². The number of nitro benzene ring substituents is 1. The minimum absolute atomic E-state index is 0.00682. The van der Waals surface area contributed by atoms with Gasteiger partial charge in [-0.2, -0.15) is 0 Å². The number of hydrogen-bond acceptors (Lipinski definition) is 6. The van der Waals surface area contributed by atoms with Gasteiger partial charge in [-0.1, -0.05) is 35.6 Å². The third kappa shape index (κ3) is 2.58. The maximum atomic E-state index is 12.8. The highest BCUT2D eigenvalue weighted by atomic mass is 32.1. The fraction of sp³-hybridized carbons (Fsp3) is 0. The third-order valence-electron chi connectivity index (χ3n) is 4.39. The fourth-order valence-electron chi connectivity index (χ4n) is 3.10. The molecule has 3 aromatic heterocycles. The maximum Gasteiger partial charge on any atom is 0.275 e.